The quantitative estimate of drug-likeness (QED) is 0.329. The van der Waals surface area contributed by atoms with Crippen molar-refractivity contribution in [3.8, 4) is 0 Å². The molecule has 0 spiro atoms. The number of carbonyl (C=O) groups excluding carboxylic acids is 1. The Morgan fingerprint density at radius 2 is 1.12 bits per heavy atom. The Kier molecular flexibility index (Phi) is 5.91. The molecule has 0 heterocycles. The van der Waals surface area contributed by atoms with Gasteiger partial charge in [0.25, 0.3) is 6.47 Å². The lowest BCUT2D eigenvalue weighted by molar-refractivity contribution is -0.128. The number of carbonyl (C=O) groups is 1. The zero-order valence-corrected chi connectivity index (χ0v) is 14.7. The summed E-state index contributed by atoms with van der Waals surface area (Å²) in [5.74, 6) is 0.706. The van der Waals surface area contributed by atoms with Crippen molar-refractivity contribution in [2.24, 2.45) is 0 Å². The minimum absolute atomic E-state index is 0.351. The average molecular weight is 348 g/mol. The van der Waals surface area contributed by atoms with Crippen LogP contribution in [0.3, 0.4) is 0 Å². The molecular weight excluding hydrogens is 328 g/mol. The van der Waals surface area contributed by atoms with E-state index >= 15 is 0 Å². The maximum atomic E-state index is 10.5. The Morgan fingerprint density at radius 1 is 0.720 bits per heavy atom. The second-order valence-electron chi connectivity index (χ2n) is 5.59. The molecule has 126 valence electrons. The van der Waals surface area contributed by atoms with E-state index in [9.17, 15) is 4.79 Å². The molecule has 3 heteroatoms. The van der Waals surface area contributed by atoms with Crippen molar-refractivity contribution in [2.75, 3.05) is 12.4 Å². The van der Waals surface area contributed by atoms with E-state index in [2.05, 4.69) is 72.8 Å². The fourth-order valence-electron chi connectivity index (χ4n) is 3.06. The van der Waals surface area contributed by atoms with E-state index in [0.717, 1.165) is 0 Å². The Bertz CT molecular complexity index is 676. The van der Waals surface area contributed by atoms with E-state index in [1.807, 2.05) is 18.2 Å². The molecule has 0 N–H and O–H groups in total. The van der Waals surface area contributed by atoms with Crippen LogP contribution in [0.1, 0.15) is 16.7 Å². The van der Waals surface area contributed by atoms with Crippen LogP contribution in [0.15, 0.2) is 91.0 Å². The van der Waals surface area contributed by atoms with Gasteiger partial charge in [-0.05, 0) is 16.7 Å². The normalized spacial score (nSPS) is 11.0. The molecule has 0 atom stereocenters. The standard InChI is InChI=1S/C22H20O2S/c23-18-24-16-17-25-22(19-10-4-1-5-11-19,20-12-6-2-7-13-20)21-14-8-3-9-15-21/h1-15,18H,16-17H2. The third kappa shape index (κ3) is 3.77. The molecule has 0 bridgehead atoms. The van der Waals surface area contributed by atoms with Crippen LogP contribution in [0.25, 0.3) is 0 Å². The summed E-state index contributed by atoms with van der Waals surface area (Å²) in [4.78, 5) is 10.5. The molecule has 0 fully saturated rings. The minimum atomic E-state index is -0.351. The van der Waals surface area contributed by atoms with Crippen LogP contribution >= 0.6 is 11.8 Å². The lowest BCUT2D eigenvalue weighted by Crippen LogP contribution is -2.26. The van der Waals surface area contributed by atoms with E-state index < -0.39 is 0 Å². The van der Waals surface area contributed by atoms with Crippen LogP contribution in [-0.4, -0.2) is 18.8 Å². The van der Waals surface area contributed by atoms with E-state index in [4.69, 9.17) is 4.74 Å². The highest BCUT2D eigenvalue weighted by Crippen LogP contribution is 2.48. The van der Waals surface area contributed by atoms with Crippen LogP contribution in [0, 0.1) is 0 Å². The predicted molar refractivity (Wildman–Crippen MR) is 104 cm³/mol. The molecule has 0 unspecified atom stereocenters. The van der Waals surface area contributed by atoms with Crippen molar-refractivity contribution in [2.45, 2.75) is 4.75 Å². The van der Waals surface area contributed by atoms with Gasteiger partial charge < -0.3 is 4.74 Å². The number of rotatable bonds is 8. The van der Waals surface area contributed by atoms with E-state index in [-0.39, 0.29) is 4.75 Å². The third-order valence-electron chi connectivity index (χ3n) is 4.13. The van der Waals surface area contributed by atoms with Gasteiger partial charge in [-0.2, -0.15) is 0 Å². The predicted octanol–water partition coefficient (Wildman–Crippen LogP) is 4.88. The number of thioether (sulfide) groups is 1. The summed E-state index contributed by atoms with van der Waals surface area (Å²) in [5.41, 5.74) is 3.63. The van der Waals surface area contributed by atoms with Crippen molar-refractivity contribution in [3.05, 3.63) is 108 Å². The van der Waals surface area contributed by atoms with Crippen LogP contribution in [0.2, 0.25) is 0 Å². The molecule has 0 saturated heterocycles. The molecule has 0 saturated carbocycles. The second-order valence-corrected chi connectivity index (χ2v) is 6.90. The first kappa shape index (κ1) is 17.3. The number of ether oxygens (including phenoxy) is 1. The molecule has 3 aromatic carbocycles. The zero-order chi connectivity index (χ0) is 17.4. The molecule has 0 aliphatic heterocycles. The van der Waals surface area contributed by atoms with Gasteiger partial charge in [0.05, 0.1) is 4.75 Å². The Morgan fingerprint density at radius 3 is 1.48 bits per heavy atom. The van der Waals surface area contributed by atoms with Gasteiger partial charge in [0, 0.05) is 5.75 Å². The first-order valence-electron chi connectivity index (χ1n) is 8.23. The summed E-state index contributed by atoms with van der Waals surface area (Å²) >= 11 is 1.78. The molecule has 0 amide bonds. The summed E-state index contributed by atoms with van der Waals surface area (Å²) in [6.45, 7) is 0.901. The van der Waals surface area contributed by atoms with Crippen molar-refractivity contribution in [1.29, 1.82) is 0 Å². The van der Waals surface area contributed by atoms with Crippen LogP contribution in [-0.2, 0) is 14.3 Å². The fraction of sp³-hybridized carbons (Fsp3) is 0.136. The van der Waals surface area contributed by atoms with Crippen molar-refractivity contribution >= 4 is 18.2 Å². The van der Waals surface area contributed by atoms with Gasteiger partial charge in [-0.1, -0.05) is 91.0 Å². The summed E-state index contributed by atoms with van der Waals surface area (Å²) in [6, 6.07) is 31.5. The van der Waals surface area contributed by atoms with Crippen molar-refractivity contribution < 1.29 is 9.53 Å². The second kappa shape index (κ2) is 8.54. The highest BCUT2D eigenvalue weighted by atomic mass is 32.2. The Hall–Kier alpha value is -2.52. The maximum absolute atomic E-state index is 10.5. The highest BCUT2D eigenvalue weighted by molar-refractivity contribution is 8.00. The van der Waals surface area contributed by atoms with Crippen LogP contribution in [0.5, 0.6) is 0 Å². The maximum Gasteiger partial charge on any atom is 0.293 e. The zero-order valence-electron chi connectivity index (χ0n) is 13.9. The smallest absolute Gasteiger partial charge is 0.293 e. The summed E-state index contributed by atoms with van der Waals surface area (Å²) in [5, 5.41) is 0. The molecule has 3 rings (SSSR count). The average Bonchev–Trinajstić information content (AvgIpc) is 2.70. The van der Waals surface area contributed by atoms with Gasteiger partial charge >= 0.3 is 0 Å². The topological polar surface area (TPSA) is 26.3 Å². The Labute approximate surface area is 152 Å². The first-order chi connectivity index (χ1) is 12.4. The van der Waals surface area contributed by atoms with E-state index in [1.54, 1.807) is 11.8 Å². The van der Waals surface area contributed by atoms with Crippen LogP contribution < -0.4 is 0 Å². The number of hydrogen-bond acceptors (Lipinski definition) is 3. The van der Waals surface area contributed by atoms with Crippen LogP contribution in [0.4, 0.5) is 0 Å². The molecule has 0 aliphatic rings. The van der Waals surface area contributed by atoms with Gasteiger partial charge in [0.2, 0.25) is 0 Å². The fourth-order valence-corrected chi connectivity index (χ4v) is 4.45. The summed E-state index contributed by atoms with van der Waals surface area (Å²) < 4.78 is 4.58. The summed E-state index contributed by atoms with van der Waals surface area (Å²) in [6.07, 6.45) is 0. The molecule has 0 aromatic heterocycles. The third-order valence-corrected chi connectivity index (χ3v) is 5.64. The number of hydrogen-bond donors (Lipinski definition) is 0. The first-order valence-corrected chi connectivity index (χ1v) is 9.22. The Balaban J connectivity index is 2.15. The monoisotopic (exact) mass is 348 g/mol. The van der Waals surface area contributed by atoms with E-state index in [0.29, 0.717) is 18.8 Å². The van der Waals surface area contributed by atoms with Crippen molar-refractivity contribution in [3.63, 3.8) is 0 Å². The number of benzene rings is 3. The SMILES string of the molecule is O=COCCSC(c1ccccc1)(c1ccccc1)c1ccccc1. The molecule has 3 aromatic rings. The largest absolute Gasteiger partial charge is 0.467 e. The molecule has 0 radical (unpaired) electrons. The summed E-state index contributed by atoms with van der Waals surface area (Å²) in [7, 11) is 0. The molecule has 0 aliphatic carbocycles. The lowest BCUT2D eigenvalue weighted by Gasteiger charge is -2.35. The molecular formula is C22H20O2S. The van der Waals surface area contributed by atoms with Gasteiger partial charge in [-0.25, -0.2) is 0 Å². The molecule has 25 heavy (non-hydrogen) atoms. The van der Waals surface area contributed by atoms with Gasteiger partial charge in [-0.15, -0.1) is 11.8 Å². The van der Waals surface area contributed by atoms with E-state index in [1.165, 1.54) is 16.7 Å². The van der Waals surface area contributed by atoms with Crippen molar-refractivity contribution in [1.82, 2.24) is 0 Å². The van der Waals surface area contributed by atoms with Gasteiger partial charge in [0.15, 0.2) is 0 Å². The molecule has 2 nitrogen and oxygen atoms in total. The lowest BCUT2D eigenvalue weighted by atomic mass is 9.84. The minimum Gasteiger partial charge on any atom is -0.467 e. The highest BCUT2D eigenvalue weighted by Gasteiger charge is 2.36. The van der Waals surface area contributed by atoms with Gasteiger partial charge in [-0.3, -0.25) is 4.79 Å². The van der Waals surface area contributed by atoms with Gasteiger partial charge in [0.1, 0.15) is 6.61 Å².